The number of benzene rings is 1. The lowest BCUT2D eigenvalue weighted by Crippen LogP contribution is -2.37. The summed E-state index contributed by atoms with van der Waals surface area (Å²) in [7, 11) is 3.28. The van der Waals surface area contributed by atoms with Crippen LogP contribution >= 0.6 is 0 Å². The van der Waals surface area contributed by atoms with Crippen LogP contribution in [0.25, 0.3) is 11.0 Å². The average molecular weight is 479 g/mol. The van der Waals surface area contributed by atoms with E-state index in [9.17, 15) is 14.4 Å². The molecule has 2 aliphatic rings. The summed E-state index contributed by atoms with van der Waals surface area (Å²) in [4.78, 5) is 39.2. The van der Waals surface area contributed by atoms with Crippen molar-refractivity contribution in [2.24, 2.45) is 18.9 Å². The third-order valence-corrected chi connectivity index (χ3v) is 7.78. The third-order valence-electron chi connectivity index (χ3n) is 7.78. The molecule has 1 unspecified atom stereocenters. The van der Waals surface area contributed by atoms with Crippen LogP contribution in [0.4, 0.5) is 0 Å². The van der Waals surface area contributed by atoms with Gasteiger partial charge in [0, 0.05) is 33.0 Å². The Labute approximate surface area is 207 Å². The number of carbonyl (C=O) groups excluding carboxylic acids is 2. The summed E-state index contributed by atoms with van der Waals surface area (Å²) >= 11 is 0. The minimum atomic E-state index is -0.694. The molecule has 1 aliphatic heterocycles. The zero-order valence-electron chi connectivity index (χ0n) is 21.1. The smallest absolute Gasteiger partial charge is 0.329 e. The maximum absolute atomic E-state index is 13.1. The number of fused-ring (bicyclic) bond motifs is 1. The Morgan fingerprint density at radius 3 is 2.60 bits per heavy atom. The second kappa shape index (κ2) is 11.7. The molecule has 2 heterocycles. The second-order valence-electron chi connectivity index (χ2n) is 10.1. The molecule has 1 aromatic heterocycles. The molecule has 7 nitrogen and oxygen atoms in total. The standard InChI is InChI=1S/C28H38N4O3/c1-29-26(34)14-13-24(20-33)32-25-10-6-9-23(27(25)30(2)28(32)35)12-11-21-15-17-31(18-16-21)19-22-7-4-3-5-8-22/h6,9-10,20-22,24H,3-5,7-8,13-19H2,1-2H3,(H,29,34). The number of nitrogens with zero attached hydrogens (tertiary/aromatic N) is 3. The molecule has 1 saturated carbocycles. The van der Waals surface area contributed by atoms with E-state index in [2.05, 4.69) is 22.1 Å². The van der Waals surface area contributed by atoms with Gasteiger partial charge in [0.05, 0.1) is 22.6 Å². The fraction of sp³-hybridized carbons (Fsp3) is 0.607. The zero-order chi connectivity index (χ0) is 24.8. The van der Waals surface area contributed by atoms with Gasteiger partial charge in [-0.3, -0.25) is 13.9 Å². The molecule has 7 heteroatoms. The molecule has 1 N–H and O–H groups in total. The Morgan fingerprint density at radius 2 is 1.91 bits per heavy atom. The first-order valence-corrected chi connectivity index (χ1v) is 13.1. The van der Waals surface area contributed by atoms with Gasteiger partial charge in [-0.15, -0.1) is 0 Å². The number of aryl methyl sites for hydroxylation is 1. The van der Waals surface area contributed by atoms with Crippen LogP contribution in [0, 0.1) is 23.7 Å². The molecule has 0 bridgehead atoms. The van der Waals surface area contributed by atoms with Crippen molar-refractivity contribution in [2.75, 3.05) is 26.7 Å². The van der Waals surface area contributed by atoms with Crippen LogP contribution in [-0.2, 0) is 16.6 Å². The summed E-state index contributed by atoms with van der Waals surface area (Å²) in [5, 5.41) is 2.56. The van der Waals surface area contributed by atoms with Gasteiger partial charge in [-0.1, -0.05) is 37.2 Å². The Hall–Kier alpha value is -2.85. The van der Waals surface area contributed by atoms with E-state index in [0.717, 1.165) is 49.2 Å². The number of hydrogen-bond donors (Lipinski definition) is 1. The maximum atomic E-state index is 13.1. The van der Waals surface area contributed by atoms with E-state index >= 15 is 0 Å². The summed E-state index contributed by atoms with van der Waals surface area (Å²) in [6.45, 7) is 3.47. The van der Waals surface area contributed by atoms with Crippen LogP contribution in [0.5, 0.6) is 0 Å². The van der Waals surface area contributed by atoms with Crippen LogP contribution in [0.1, 0.15) is 69.4 Å². The van der Waals surface area contributed by atoms with Crippen molar-refractivity contribution in [1.82, 2.24) is 19.4 Å². The highest BCUT2D eigenvalue weighted by molar-refractivity contribution is 5.84. The number of piperidine rings is 1. The summed E-state index contributed by atoms with van der Waals surface area (Å²) in [5.74, 6) is 7.92. The summed E-state index contributed by atoms with van der Waals surface area (Å²) < 4.78 is 3.07. The van der Waals surface area contributed by atoms with E-state index in [4.69, 9.17) is 0 Å². The van der Waals surface area contributed by atoms with Gasteiger partial charge in [0.1, 0.15) is 6.29 Å². The number of likely N-dealkylation sites (tertiary alicyclic amines) is 1. The molecular weight excluding hydrogens is 440 g/mol. The van der Waals surface area contributed by atoms with E-state index < -0.39 is 6.04 Å². The largest absolute Gasteiger partial charge is 0.359 e. The van der Waals surface area contributed by atoms with Crippen LogP contribution in [-0.4, -0.2) is 52.9 Å². The highest BCUT2D eigenvalue weighted by atomic mass is 16.2. The van der Waals surface area contributed by atoms with Gasteiger partial charge in [-0.25, -0.2) is 4.79 Å². The Morgan fingerprint density at radius 1 is 1.17 bits per heavy atom. The quantitative estimate of drug-likeness (QED) is 0.490. The summed E-state index contributed by atoms with van der Waals surface area (Å²) in [6.07, 6.45) is 10.3. The van der Waals surface area contributed by atoms with Crippen molar-refractivity contribution < 1.29 is 9.59 Å². The molecule has 1 aromatic carbocycles. The van der Waals surface area contributed by atoms with Crippen LogP contribution in [0.3, 0.4) is 0 Å². The molecule has 1 aliphatic carbocycles. The summed E-state index contributed by atoms with van der Waals surface area (Å²) in [5.41, 5.74) is 1.97. The van der Waals surface area contributed by atoms with Crippen molar-refractivity contribution >= 4 is 23.2 Å². The first-order valence-electron chi connectivity index (χ1n) is 13.1. The molecular formula is C28H38N4O3. The molecule has 35 heavy (non-hydrogen) atoms. The molecule has 1 amide bonds. The van der Waals surface area contributed by atoms with Gasteiger partial charge in [0.25, 0.3) is 0 Å². The van der Waals surface area contributed by atoms with Crippen LogP contribution < -0.4 is 11.0 Å². The van der Waals surface area contributed by atoms with Crippen molar-refractivity contribution in [2.45, 2.75) is 63.8 Å². The SMILES string of the molecule is CNC(=O)CCC(C=O)n1c(=O)n(C)c2c(C#CC3CCN(CC4CCCCC4)CC3)cccc21. The van der Waals surface area contributed by atoms with Crippen molar-refractivity contribution in [3.05, 3.63) is 34.2 Å². The number of para-hydroxylation sites is 1. The van der Waals surface area contributed by atoms with E-state index in [-0.39, 0.29) is 24.4 Å². The topological polar surface area (TPSA) is 76.3 Å². The number of nitrogens with one attached hydrogen (secondary N) is 1. The lowest BCUT2D eigenvalue weighted by Gasteiger charge is -2.34. The van der Waals surface area contributed by atoms with Crippen molar-refractivity contribution in [3.8, 4) is 11.8 Å². The highest BCUT2D eigenvalue weighted by Crippen LogP contribution is 2.27. The van der Waals surface area contributed by atoms with Gasteiger partial charge in [0.15, 0.2) is 0 Å². The number of carbonyl (C=O) groups is 2. The van der Waals surface area contributed by atoms with E-state index in [1.165, 1.54) is 43.2 Å². The maximum Gasteiger partial charge on any atom is 0.329 e. The van der Waals surface area contributed by atoms with E-state index in [1.807, 2.05) is 18.2 Å². The number of hydrogen-bond acceptors (Lipinski definition) is 4. The van der Waals surface area contributed by atoms with Crippen molar-refractivity contribution in [3.63, 3.8) is 0 Å². The molecule has 0 radical (unpaired) electrons. The van der Waals surface area contributed by atoms with Gasteiger partial charge in [-0.2, -0.15) is 0 Å². The number of imidazole rings is 1. The average Bonchev–Trinajstić information content (AvgIpc) is 3.15. The number of aromatic nitrogens is 2. The minimum Gasteiger partial charge on any atom is -0.359 e. The highest BCUT2D eigenvalue weighted by Gasteiger charge is 2.23. The molecule has 2 aromatic rings. The molecule has 0 spiro atoms. The normalized spacial score (nSPS) is 18.7. The Bertz CT molecular complexity index is 1150. The second-order valence-corrected chi connectivity index (χ2v) is 10.1. The number of amides is 1. The predicted octanol–water partition coefficient (Wildman–Crippen LogP) is 3.25. The first kappa shape index (κ1) is 25.2. The molecule has 2 fully saturated rings. The zero-order valence-corrected chi connectivity index (χ0v) is 21.1. The third kappa shape index (κ3) is 5.87. The molecule has 1 atom stereocenters. The van der Waals surface area contributed by atoms with Crippen LogP contribution in [0.15, 0.2) is 23.0 Å². The summed E-state index contributed by atoms with van der Waals surface area (Å²) in [6, 6.07) is 4.98. The number of aldehydes is 1. The predicted molar refractivity (Wildman–Crippen MR) is 138 cm³/mol. The van der Waals surface area contributed by atoms with Gasteiger partial charge < -0.3 is 15.0 Å². The lowest BCUT2D eigenvalue weighted by atomic mass is 9.88. The van der Waals surface area contributed by atoms with Gasteiger partial charge >= 0.3 is 5.69 Å². The fourth-order valence-corrected chi connectivity index (χ4v) is 5.70. The first-order chi connectivity index (χ1) is 17.0. The molecule has 4 rings (SSSR count). The Balaban J connectivity index is 1.48. The minimum absolute atomic E-state index is 0.151. The Kier molecular flexibility index (Phi) is 8.46. The van der Waals surface area contributed by atoms with Crippen molar-refractivity contribution in [1.29, 1.82) is 0 Å². The van der Waals surface area contributed by atoms with E-state index in [0.29, 0.717) is 11.4 Å². The van der Waals surface area contributed by atoms with Gasteiger partial charge in [0.2, 0.25) is 5.91 Å². The van der Waals surface area contributed by atoms with E-state index in [1.54, 1.807) is 18.7 Å². The van der Waals surface area contributed by atoms with Crippen LogP contribution in [0.2, 0.25) is 0 Å². The molecule has 1 saturated heterocycles. The lowest BCUT2D eigenvalue weighted by molar-refractivity contribution is -0.121. The fourth-order valence-electron chi connectivity index (χ4n) is 5.70. The monoisotopic (exact) mass is 478 g/mol. The molecule has 188 valence electrons. The van der Waals surface area contributed by atoms with Gasteiger partial charge in [-0.05, 0) is 63.2 Å². The number of rotatable bonds is 7.